The van der Waals surface area contributed by atoms with Gasteiger partial charge in [-0.25, -0.2) is 9.97 Å². The van der Waals surface area contributed by atoms with Crippen LogP contribution in [0.15, 0.2) is 42.7 Å². The molecule has 3 heterocycles. The number of thiophene rings is 1. The molecule has 1 fully saturated rings. The van der Waals surface area contributed by atoms with E-state index in [9.17, 15) is 5.11 Å². The number of fused-ring (bicyclic) bond motifs is 1. The summed E-state index contributed by atoms with van der Waals surface area (Å²) in [5.74, 6) is 0.958. The molecule has 1 atom stereocenters. The first-order valence-corrected chi connectivity index (χ1v) is 8.36. The fourth-order valence-corrected chi connectivity index (χ4v) is 4.12. The Morgan fingerprint density at radius 3 is 2.91 bits per heavy atom. The van der Waals surface area contributed by atoms with Crippen LogP contribution in [0.5, 0.6) is 0 Å². The number of nitrogens with zero attached hydrogens (tertiary/aromatic N) is 3. The third kappa shape index (κ3) is 2.26. The van der Waals surface area contributed by atoms with Crippen LogP contribution < -0.4 is 4.90 Å². The maximum Gasteiger partial charge on any atom is 0.141 e. The largest absolute Gasteiger partial charge is 0.394 e. The van der Waals surface area contributed by atoms with Gasteiger partial charge in [-0.3, -0.25) is 0 Å². The highest BCUT2D eigenvalue weighted by atomic mass is 32.1. The molecule has 1 aromatic carbocycles. The van der Waals surface area contributed by atoms with Crippen molar-refractivity contribution >= 4 is 27.4 Å². The molecule has 1 N–H and O–H groups in total. The molecule has 0 bridgehead atoms. The maximum atomic E-state index is 9.57. The topological polar surface area (TPSA) is 49.2 Å². The van der Waals surface area contributed by atoms with Crippen LogP contribution in [-0.2, 0) is 0 Å². The molecule has 2 aromatic heterocycles. The summed E-state index contributed by atoms with van der Waals surface area (Å²) < 4.78 is 0. The van der Waals surface area contributed by atoms with Gasteiger partial charge in [-0.2, -0.15) is 0 Å². The van der Waals surface area contributed by atoms with Gasteiger partial charge < -0.3 is 10.0 Å². The van der Waals surface area contributed by atoms with E-state index in [4.69, 9.17) is 0 Å². The van der Waals surface area contributed by atoms with Crippen LogP contribution in [-0.4, -0.2) is 34.3 Å². The Balaban J connectivity index is 1.82. The molecule has 1 aliphatic rings. The Morgan fingerprint density at radius 1 is 1.23 bits per heavy atom. The third-order valence-electron chi connectivity index (χ3n) is 4.23. The van der Waals surface area contributed by atoms with Crippen molar-refractivity contribution < 1.29 is 5.11 Å². The van der Waals surface area contributed by atoms with E-state index in [0.29, 0.717) is 0 Å². The smallest absolute Gasteiger partial charge is 0.141 e. The van der Waals surface area contributed by atoms with Gasteiger partial charge in [-0.1, -0.05) is 30.3 Å². The van der Waals surface area contributed by atoms with Crippen molar-refractivity contribution in [2.45, 2.75) is 18.9 Å². The summed E-state index contributed by atoms with van der Waals surface area (Å²) in [6.07, 6.45) is 3.76. The predicted molar refractivity (Wildman–Crippen MR) is 90.3 cm³/mol. The fraction of sp³-hybridized carbons (Fsp3) is 0.294. The number of benzene rings is 1. The van der Waals surface area contributed by atoms with Gasteiger partial charge in [0.05, 0.1) is 18.0 Å². The summed E-state index contributed by atoms with van der Waals surface area (Å²) >= 11 is 1.69. The standard InChI is InChI=1S/C17H17N3OS/c21-10-13-7-4-8-20(13)16-14-9-15(12-5-2-1-3-6-12)22-17(14)19-11-18-16/h1-3,5-6,9,11,13,21H,4,7-8,10H2/t13-/m1/s1. The molecule has 112 valence electrons. The lowest BCUT2D eigenvalue weighted by Gasteiger charge is -2.24. The molecule has 0 amide bonds. The van der Waals surface area contributed by atoms with Crippen LogP contribution >= 0.6 is 11.3 Å². The van der Waals surface area contributed by atoms with Crippen molar-refractivity contribution in [2.75, 3.05) is 18.1 Å². The zero-order chi connectivity index (χ0) is 14.9. The van der Waals surface area contributed by atoms with E-state index in [0.717, 1.165) is 35.4 Å². The quantitative estimate of drug-likeness (QED) is 0.806. The fourth-order valence-electron chi connectivity index (χ4n) is 3.12. The molecule has 0 aliphatic carbocycles. The second-order valence-electron chi connectivity index (χ2n) is 5.56. The Hall–Kier alpha value is -1.98. The first kappa shape index (κ1) is 13.7. The van der Waals surface area contributed by atoms with E-state index in [-0.39, 0.29) is 12.6 Å². The normalized spacial score (nSPS) is 18.2. The maximum absolute atomic E-state index is 9.57. The monoisotopic (exact) mass is 311 g/mol. The average molecular weight is 311 g/mol. The molecule has 22 heavy (non-hydrogen) atoms. The van der Waals surface area contributed by atoms with Gasteiger partial charge in [0.1, 0.15) is 17.0 Å². The molecule has 1 saturated heterocycles. The van der Waals surface area contributed by atoms with Gasteiger partial charge in [-0.15, -0.1) is 11.3 Å². The highest BCUT2D eigenvalue weighted by molar-refractivity contribution is 7.21. The molecule has 0 radical (unpaired) electrons. The molecule has 4 nitrogen and oxygen atoms in total. The lowest BCUT2D eigenvalue weighted by molar-refractivity contribution is 0.266. The van der Waals surface area contributed by atoms with Gasteiger partial charge in [0.15, 0.2) is 0 Å². The lowest BCUT2D eigenvalue weighted by atomic mass is 10.2. The Morgan fingerprint density at radius 2 is 2.09 bits per heavy atom. The number of aliphatic hydroxyl groups is 1. The van der Waals surface area contributed by atoms with Gasteiger partial charge in [0.2, 0.25) is 0 Å². The zero-order valence-corrected chi connectivity index (χ0v) is 13.0. The summed E-state index contributed by atoms with van der Waals surface area (Å²) in [5.41, 5.74) is 1.21. The van der Waals surface area contributed by atoms with Crippen LogP contribution in [0.1, 0.15) is 12.8 Å². The number of aliphatic hydroxyl groups excluding tert-OH is 1. The molecule has 0 unspecified atom stereocenters. The van der Waals surface area contributed by atoms with Crippen LogP contribution in [0.2, 0.25) is 0 Å². The Bertz CT molecular complexity index is 787. The van der Waals surface area contributed by atoms with Gasteiger partial charge in [0.25, 0.3) is 0 Å². The molecule has 0 spiro atoms. The minimum absolute atomic E-state index is 0.179. The Labute approximate surface area is 133 Å². The summed E-state index contributed by atoms with van der Waals surface area (Å²) in [7, 11) is 0. The van der Waals surface area contributed by atoms with Crippen molar-refractivity contribution in [3.8, 4) is 10.4 Å². The zero-order valence-electron chi connectivity index (χ0n) is 12.1. The molecular formula is C17H17N3OS. The SMILES string of the molecule is OC[C@H]1CCCN1c1ncnc2sc(-c3ccccc3)cc12. The minimum Gasteiger partial charge on any atom is -0.394 e. The average Bonchev–Trinajstić information content (AvgIpc) is 3.21. The number of hydrogen-bond donors (Lipinski definition) is 1. The van der Waals surface area contributed by atoms with Crippen molar-refractivity contribution in [3.05, 3.63) is 42.7 Å². The van der Waals surface area contributed by atoms with Gasteiger partial charge >= 0.3 is 0 Å². The molecule has 0 saturated carbocycles. The summed E-state index contributed by atoms with van der Waals surface area (Å²) in [6.45, 7) is 1.13. The van der Waals surface area contributed by atoms with Crippen LogP contribution in [0.25, 0.3) is 20.7 Å². The van der Waals surface area contributed by atoms with Crippen LogP contribution in [0, 0.1) is 0 Å². The van der Waals surface area contributed by atoms with Crippen LogP contribution in [0.4, 0.5) is 5.82 Å². The Kier molecular flexibility index (Phi) is 3.52. The highest BCUT2D eigenvalue weighted by Gasteiger charge is 2.27. The third-order valence-corrected chi connectivity index (χ3v) is 5.32. The number of hydrogen-bond acceptors (Lipinski definition) is 5. The van der Waals surface area contributed by atoms with E-state index >= 15 is 0 Å². The lowest BCUT2D eigenvalue weighted by Crippen LogP contribution is -2.32. The van der Waals surface area contributed by atoms with E-state index in [1.807, 2.05) is 6.07 Å². The molecule has 1 aliphatic heterocycles. The second kappa shape index (κ2) is 5.66. The first-order valence-electron chi connectivity index (χ1n) is 7.54. The second-order valence-corrected chi connectivity index (χ2v) is 6.60. The van der Waals surface area contributed by atoms with E-state index in [1.165, 1.54) is 10.4 Å². The van der Waals surface area contributed by atoms with E-state index in [2.05, 4.69) is 45.2 Å². The molecule has 5 heteroatoms. The molecular weight excluding hydrogens is 294 g/mol. The molecule has 3 aromatic rings. The van der Waals surface area contributed by atoms with Crippen molar-refractivity contribution in [1.82, 2.24) is 9.97 Å². The molecule has 4 rings (SSSR count). The van der Waals surface area contributed by atoms with E-state index in [1.54, 1.807) is 17.7 Å². The van der Waals surface area contributed by atoms with E-state index < -0.39 is 0 Å². The number of aromatic nitrogens is 2. The van der Waals surface area contributed by atoms with Crippen molar-refractivity contribution in [2.24, 2.45) is 0 Å². The highest BCUT2D eigenvalue weighted by Crippen LogP contribution is 2.37. The van der Waals surface area contributed by atoms with Gasteiger partial charge in [-0.05, 0) is 24.5 Å². The van der Waals surface area contributed by atoms with Crippen molar-refractivity contribution in [1.29, 1.82) is 0 Å². The summed E-state index contributed by atoms with van der Waals surface area (Å²) in [4.78, 5) is 13.4. The summed E-state index contributed by atoms with van der Waals surface area (Å²) in [6, 6.07) is 12.7. The minimum atomic E-state index is 0.179. The number of rotatable bonds is 3. The van der Waals surface area contributed by atoms with Crippen molar-refractivity contribution in [3.63, 3.8) is 0 Å². The van der Waals surface area contributed by atoms with Gasteiger partial charge in [0, 0.05) is 11.4 Å². The first-order chi connectivity index (χ1) is 10.9. The number of anilines is 1. The van der Waals surface area contributed by atoms with Crippen LogP contribution in [0.3, 0.4) is 0 Å². The predicted octanol–water partition coefficient (Wildman–Crippen LogP) is 3.32. The summed E-state index contributed by atoms with van der Waals surface area (Å²) in [5, 5.41) is 10.7.